The number of fused-ring (bicyclic) bond motifs is 2. The number of amides is 4. The molecule has 4 amide bonds. The monoisotopic (exact) mass is 581 g/mol. The van der Waals surface area contributed by atoms with Gasteiger partial charge in [-0.15, -0.1) is 0 Å². The van der Waals surface area contributed by atoms with Crippen LogP contribution < -0.4 is 20.7 Å². The number of likely N-dealkylation sites (tertiary alicyclic amines) is 1. The topological polar surface area (TPSA) is 141 Å². The number of nitrogens with one attached hydrogen (secondary N) is 3. The van der Waals surface area contributed by atoms with Gasteiger partial charge in [-0.1, -0.05) is 34.6 Å². The van der Waals surface area contributed by atoms with Crippen LogP contribution in [0.2, 0.25) is 0 Å². The second-order valence-corrected chi connectivity index (χ2v) is 12.3. The summed E-state index contributed by atoms with van der Waals surface area (Å²) in [7, 11) is 0. The zero-order valence-electron chi connectivity index (χ0n) is 23.1. The van der Waals surface area contributed by atoms with Crippen LogP contribution in [0.4, 0.5) is 23.2 Å². The molecule has 222 valence electrons. The predicted octanol–water partition coefficient (Wildman–Crippen LogP) is 2.50. The van der Waals surface area contributed by atoms with E-state index in [1.807, 2.05) is 19.9 Å². The van der Waals surface area contributed by atoms with Gasteiger partial charge >= 0.3 is 12.1 Å². The Kier molecular flexibility index (Phi) is 7.47. The van der Waals surface area contributed by atoms with Gasteiger partial charge in [0.05, 0.1) is 11.8 Å². The second kappa shape index (κ2) is 10.2. The number of anilines is 1. The third-order valence-electron chi connectivity index (χ3n) is 8.09. The van der Waals surface area contributed by atoms with Gasteiger partial charge in [-0.2, -0.15) is 18.4 Å². The van der Waals surface area contributed by atoms with E-state index in [9.17, 15) is 42.0 Å². The fourth-order valence-corrected chi connectivity index (χ4v) is 5.73. The Morgan fingerprint density at radius 1 is 1.22 bits per heavy atom. The lowest BCUT2D eigenvalue weighted by atomic mass is 9.85. The Hall–Kier alpha value is -3.89. The molecule has 0 unspecified atom stereocenters. The van der Waals surface area contributed by atoms with Crippen LogP contribution in [-0.2, 0) is 19.2 Å². The van der Waals surface area contributed by atoms with Crippen molar-refractivity contribution in [3.63, 3.8) is 0 Å². The molecule has 0 aromatic heterocycles. The lowest BCUT2D eigenvalue weighted by Crippen LogP contribution is -2.61. The molecule has 2 heterocycles. The standard InChI is InChI=1S/C27H31F4N5O5/c1-25(2,3)20(35-24(40)27(29,30)31)23(39)36-11-14-18(26(14,4)5)19(36)22(38)33-13(10-32)9-17-21(37)34-15-8-12(28)6-7-16(15)41-17/h6-8,13-14,17-20H,9,11H2,1-5H3,(H,33,38)(H,34,37)(H,35,40)/t13-,14-,17-,18-,19-,20+/m0/s1. The molecule has 2 aliphatic heterocycles. The summed E-state index contributed by atoms with van der Waals surface area (Å²) < 4.78 is 58.2. The van der Waals surface area contributed by atoms with Crippen molar-refractivity contribution >= 4 is 29.3 Å². The van der Waals surface area contributed by atoms with Crippen LogP contribution in [0, 0.1) is 39.8 Å². The molecule has 0 spiro atoms. The Bertz CT molecular complexity index is 1320. The van der Waals surface area contributed by atoms with E-state index in [0.29, 0.717) is 0 Å². The highest BCUT2D eigenvalue weighted by Gasteiger charge is 2.70. The van der Waals surface area contributed by atoms with Gasteiger partial charge in [-0.25, -0.2) is 4.39 Å². The van der Waals surface area contributed by atoms with Gasteiger partial charge in [0.1, 0.15) is 29.7 Å². The highest BCUT2D eigenvalue weighted by molar-refractivity contribution is 5.98. The first-order valence-corrected chi connectivity index (χ1v) is 13.0. The van der Waals surface area contributed by atoms with E-state index in [-0.39, 0.29) is 41.7 Å². The van der Waals surface area contributed by atoms with E-state index < -0.39 is 65.3 Å². The summed E-state index contributed by atoms with van der Waals surface area (Å²) in [6, 6.07) is 1.51. The van der Waals surface area contributed by atoms with Crippen molar-refractivity contribution in [1.29, 1.82) is 5.26 Å². The van der Waals surface area contributed by atoms with Crippen LogP contribution in [-0.4, -0.2) is 65.5 Å². The van der Waals surface area contributed by atoms with Gasteiger partial charge in [-0.3, -0.25) is 19.2 Å². The molecule has 3 N–H and O–H groups in total. The van der Waals surface area contributed by atoms with Crippen molar-refractivity contribution in [3.8, 4) is 11.8 Å². The Balaban J connectivity index is 1.51. The number of piperidine rings is 1. The second-order valence-electron chi connectivity index (χ2n) is 12.3. The average molecular weight is 582 g/mol. The Morgan fingerprint density at radius 3 is 2.46 bits per heavy atom. The summed E-state index contributed by atoms with van der Waals surface area (Å²) in [5.74, 6) is -5.32. The minimum atomic E-state index is -5.21. The quantitative estimate of drug-likeness (QED) is 0.441. The van der Waals surface area contributed by atoms with E-state index in [1.165, 1.54) is 31.7 Å². The maximum absolute atomic E-state index is 13.6. The fraction of sp³-hybridized carbons (Fsp3) is 0.593. The third kappa shape index (κ3) is 5.80. The van der Waals surface area contributed by atoms with Gasteiger partial charge in [-0.05, 0) is 34.8 Å². The summed E-state index contributed by atoms with van der Waals surface area (Å²) in [6.07, 6.45) is -6.67. The van der Waals surface area contributed by atoms with E-state index in [2.05, 4.69) is 10.6 Å². The number of alkyl halides is 3. The number of nitriles is 1. The van der Waals surface area contributed by atoms with E-state index in [4.69, 9.17) is 4.74 Å². The summed E-state index contributed by atoms with van der Waals surface area (Å²) in [5.41, 5.74) is -1.35. The van der Waals surface area contributed by atoms with E-state index in [0.717, 1.165) is 12.1 Å². The smallest absolute Gasteiger partial charge is 0.471 e. The molecule has 1 saturated heterocycles. The molecule has 1 saturated carbocycles. The summed E-state index contributed by atoms with van der Waals surface area (Å²) >= 11 is 0. The number of carbonyl (C=O) groups is 4. The summed E-state index contributed by atoms with van der Waals surface area (Å²) in [4.78, 5) is 52.6. The van der Waals surface area contributed by atoms with Gasteiger partial charge in [0.15, 0.2) is 6.10 Å². The number of benzene rings is 1. The molecular weight excluding hydrogens is 550 g/mol. The zero-order chi connectivity index (χ0) is 30.7. The number of hydrogen-bond acceptors (Lipinski definition) is 6. The van der Waals surface area contributed by atoms with Gasteiger partial charge in [0, 0.05) is 19.0 Å². The van der Waals surface area contributed by atoms with Crippen molar-refractivity contribution in [2.75, 3.05) is 11.9 Å². The number of hydrogen-bond donors (Lipinski definition) is 3. The maximum atomic E-state index is 13.6. The van der Waals surface area contributed by atoms with E-state index >= 15 is 0 Å². The highest BCUT2D eigenvalue weighted by Crippen LogP contribution is 2.65. The van der Waals surface area contributed by atoms with Gasteiger partial charge < -0.3 is 25.6 Å². The van der Waals surface area contributed by atoms with Crippen LogP contribution in [0.25, 0.3) is 0 Å². The highest BCUT2D eigenvalue weighted by atomic mass is 19.4. The number of rotatable bonds is 6. The molecule has 3 aliphatic rings. The summed E-state index contributed by atoms with van der Waals surface area (Å²) in [5, 5.41) is 16.6. The number of carbonyl (C=O) groups excluding carboxylic acids is 4. The van der Waals surface area contributed by atoms with Crippen molar-refractivity contribution in [2.45, 2.75) is 71.4 Å². The number of halogens is 4. The first-order valence-electron chi connectivity index (χ1n) is 13.0. The number of ether oxygens (including phenoxy) is 1. The molecule has 4 rings (SSSR count). The van der Waals surface area contributed by atoms with Crippen LogP contribution in [0.3, 0.4) is 0 Å². The molecule has 1 aromatic carbocycles. The van der Waals surface area contributed by atoms with Gasteiger partial charge in [0.2, 0.25) is 11.8 Å². The van der Waals surface area contributed by atoms with Crippen LogP contribution >= 0.6 is 0 Å². The lowest BCUT2D eigenvalue weighted by molar-refractivity contribution is -0.176. The molecule has 41 heavy (non-hydrogen) atoms. The molecule has 1 aliphatic carbocycles. The molecule has 0 bridgehead atoms. The van der Waals surface area contributed by atoms with Crippen LogP contribution in [0.1, 0.15) is 41.0 Å². The molecular formula is C27H31F4N5O5. The van der Waals surface area contributed by atoms with Crippen molar-refractivity contribution in [3.05, 3.63) is 24.0 Å². The molecule has 10 nitrogen and oxygen atoms in total. The fourth-order valence-electron chi connectivity index (χ4n) is 5.73. The largest absolute Gasteiger partial charge is 0.478 e. The van der Waals surface area contributed by atoms with Crippen LogP contribution in [0.15, 0.2) is 18.2 Å². The first kappa shape index (κ1) is 30.1. The van der Waals surface area contributed by atoms with Crippen molar-refractivity contribution < 1.29 is 41.5 Å². The Morgan fingerprint density at radius 2 is 1.88 bits per heavy atom. The van der Waals surface area contributed by atoms with Crippen LogP contribution in [0.5, 0.6) is 5.75 Å². The first-order chi connectivity index (χ1) is 18.9. The Labute approximate surface area is 233 Å². The predicted molar refractivity (Wildman–Crippen MR) is 135 cm³/mol. The SMILES string of the molecule is CC(C)(C)[C@H](NC(=O)C(F)(F)F)C(=O)N1C[C@H]2[C@@H]([C@H]1C(=O)N[C@H](C#N)C[C@@H]1Oc3ccc(F)cc3NC1=O)C2(C)C. The molecule has 0 radical (unpaired) electrons. The molecule has 1 aromatic rings. The van der Waals surface area contributed by atoms with Crippen molar-refractivity contribution in [2.24, 2.45) is 22.7 Å². The van der Waals surface area contributed by atoms with Gasteiger partial charge in [0.25, 0.3) is 5.91 Å². The third-order valence-corrected chi connectivity index (χ3v) is 8.09. The zero-order valence-corrected chi connectivity index (χ0v) is 23.1. The molecule has 6 atom stereocenters. The lowest BCUT2D eigenvalue weighted by Gasteiger charge is -2.38. The summed E-state index contributed by atoms with van der Waals surface area (Å²) in [6.45, 7) is 8.38. The number of nitrogens with zero attached hydrogens (tertiary/aromatic N) is 2. The minimum absolute atomic E-state index is 0.0851. The maximum Gasteiger partial charge on any atom is 0.471 e. The normalized spacial score (nSPS) is 25.9. The van der Waals surface area contributed by atoms with Crippen molar-refractivity contribution in [1.82, 2.24) is 15.5 Å². The minimum Gasteiger partial charge on any atom is -0.478 e. The molecule has 14 heteroatoms. The molecule has 2 fully saturated rings. The van der Waals surface area contributed by atoms with E-state index in [1.54, 1.807) is 5.32 Å². The average Bonchev–Trinajstić information content (AvgIpc) is 3.18.